The lowest BCUT2D eigenvalue weighted by Gasteiger charge is -2.29. The number of anilines is 1. The fourth-order valence-corrected chi connectivity index (χ4v) is 3.84. The molecule has 1 aliphatic rings. The minimum absolute atomic E-state index is 0.381. The van der Waals surface area contributed by atoms with E-state index >= 15 is 0 Å². The lowest BCUT2D eigenvalue weighted by atomic mass is 9.98. The van der Waals surface area contributed by atoms with Crippen LogP contribution in [0.1, 0.15) is 44.6 Å². The van der Waals surface area contributed by atoms with Crippen molar-refractivity contribution in [3.05, 3.63) is 29.8 Å². The van der Waals surface area contributed by atoms with Gasteiger partial charge in [0.05, 0.1) is 6.26 Å². The molecule has 7 heteroatoms. The van der Waals surface area contributed by atoms with Crippen molar-refractivity contribution in [2.45, 2.75) is 39.0 Å². The fraction of sp³-hybridized carbons (Fsp3) is 0.611. The summed E-state index contributed by atoms with van der Waals surface area (Å²) >= 11 is 0. The highest BCUT2D eigenvalue weighted by atomic mass is 32.2. The maximum atomic E-state index is 11.5. The van der Waals surface area contributed by atoms with Crippen molar-refractivity contribution < 1.29 is 8.42 Å². The third kappa shape index (κ3) is 6.01. The molecule has 2 rings (SSSR count). The summed E-state index contributed by atoms with van der Waals surface area (Å²) in [7, 11) is -3.07. The molecule has 6 nitrogen and oxygen atoms in total. The number of hydrogen-bond acceptors (Lipinski definition) is 3. The van der Waals surface area contributed by atoms with Gasteiger partial charge in [0, 0.05) is 25.3 Å². The van der Waals surface area contributed by atoms with Crippen molar-refractivity contribution in [3.63, 3.8) is 0 Å². The molecule has 0 bridgehead atoms. The first-order valence-corrected chi connectivity index (χ1v) is 10.8. The Morgan fingerprint density at radius 1 is 1.32 bits per heavy atom. The first-order valence-electron chi connectivity index (χ1n) is 8.91. The standard InChI is InChI=1S/C18H30N4O2S/c1-4-14(2)16-5-7-17(8-6-16)21-18(19)20-13-15-9-11-22(12-10-15)25(3,23)24/h5-8,14-15H,4,9-13H2,1-3H3,(H3,19,20,21). The van der Waals surface area contributed by atoms with E-state index in [2.05, 4.69) is 36.3 Å². The number of hydrogen-bond donors (Lipinski definition) is 2. The van der Waals surface area contributed by atoms with Gasteiger partial charge in [0.15, 0.2) is 5.96 Å². The molecule has 0 spiro atoms. The van der Waals surface area contributed by atoms with Gasteiger partial charge in [-0.2, -0.15) is 0 Å². The molecule has 0 aromatic heterocycles. The Labute approximate surface area is 151 Å². The summed E-state index contributed by atoms with van der Waals surface area (Å²) in [4.78, 5) is 4.42. The van der Waals surface area contributed by atoms with Crippen LogP contribution in [0, 0.1) is 5.92 Å². The van der Waals surface area contributed by atoms with Crippen molar-refractivity contribution in [2.24, 2.45) is 16.6 Å². The van der Waals surface area contributed by atoms with Crippen LogP contribution in [0.5, 0.6) is 0 Å². The molecule has 1 aromatic rings. The number of nitrogens with zero attached hydrogens (tertiary/aromatic N) is 2. The molecule has 25 heavy (non-hydrogen) atoms. The number of sulfonamides is 1. The highest BCUT2D eigenvalue weighted by Gasteiger charge is 2.24. The summed E-state index contributed by atoms with van der Waals surface area (Å²) in [6.45, 7) is 6.17. The molecule has 1 heterocycles. The normalized spacial score (nSPS) is 18.9. The van der Waals surface area contributed by atoms with Gasteiger partial charge in [0.1, 0.15) is 0 Å². The number of aliphatic imine (C=N–C) groups is 1. The van der Waals surface area contributed by atoms with E-state index in [1.165, 1.54) is 16.1 Å². The molecule has 1 atom stereocenters. The van der Waals surface area contributed by atoms with E-state index in [-0.39, 0.29) is 0 Å². The van der Waals surface area contributed by atoms with E-state index in [0.717, 1.165) is 24.9 Å². The van der Waals surface area contributed by atoms with Gasteiger partial charge in [-0.25, -0.2) is 12.7 Å². The zero-order valence-corrected chi connectivity index (χ0v) is 16.2. The minimum Gasteiger partial charge on any atom is -0.370 e. The van der Waals surface area contributed by atoms with Gasteiger partial charge in [-0.05, 0) is 48.8 Å². The van der Waals surface area contributed by atoms with E-state index in [4.69, 9.17) is 5.73 Å². The number of piperidine rings is 1. The van der Waals surface area contributed by atoms with Crippen molar-refractivity contribution in [2.75, 3.05) is 31.2 Å². The van der Waals surface area contributed by atoms with Crippen LogP contribution < -0.4 is 11.1 Å². The molecule has 0 aliphatic carbocycles. The van der Waals surface area contributed by atoms with Crippen LogP contribution in [-0.4, -0.2) is 44.6 Å². The first kappa shape index (κ1) is 19.7. The molecule has 1 aliphatic heterocycles. The Bertz CT molecular complexity index is 678. The Kier molecular flexibility index (Phi) is 6.84. The molecule has 0 amide bonds. The second kappa shape index (κ2) is 8.67. The van der Waals surface area contributed by atoms with Crippen molar-refractivity contribution in [1.82, 2.24) is 4.31 Å². The Hall–Kier alpha value is -1.60. The predicted molar refractivity (Wildman–Crippen MR) is 104 cm³/mol. The quantitative estimate of drug-likeness (QED) is 0.598. The largest absolute Gasteiger partial charge is 0.370 e. The van der Waals surface area contributed by atoms with E-state index in [9.17, 15) is 8.42 Å². The highest BCUT2D eigenvalue weighted by Crippen LogP contribution is 2.21. The summed E-state index contributed by atoms with van der Waals surface area (Å²) in [5.74, 6) is 1.34. The average molecular weight is 367 g/mol. The topological polar surface area (TPSA) is 87.8 Å². The van der Waals surface area contributed by atoms with Crippen LogP contribution >= 0.6 is 0 Å². The number of nitrogens with two attached hydrogens (primary N) is 1. The van der Waals surface area contributed by atoms with Crippen LogP contribution in [0.25, 0.3) is 0 Å². The summed E-state index contributed by atoms with van der Waals surface area (Å²) < 4.78 is 24.6. The van der Waals surface area contributed by atoms with Crippen molar-refractivity contribution in [1.29, 1.82) is 0 Å². The molecule has 1 aromatic carbocycles. The highest BCUT2D eigenvalue weighted by molar-refractivity contribution is 7.88. The zero-order chi connectivity index (χ0) is 18.4. The van der Waals surface area contributed by atoms with Gasteiger partial charge in [-0.3, -0.25) is 4.99 Å². The first-order chi connectivity index (χ1) is 11.8. The summed E-state index contributed by atoms with van der Waals surface area (Å²) in [6.07, 6.45) is 4.04. The third-order valence-electron chi connectivity index (χ3n) is 4.93. The maximum absolute atomic E-state index is 11.5. The monoisotopic (exact) mass is 366 g/mol. The van der Waals surface area contributed by atoms with Gasteiger partial charge in [-0.15, -0.1) is 0 Å². The SMILES string of the molecule is CCC(C)c1ccc(NC(N)=NCC2CCN(S(C)(=O)=O)CC2)cc1. The van der Waals surface area contributed by atoms with Crippen LogP contribution in [0.3, 0.4) is 0 Å². The van der Waals surface area contributed by atoms with Crippen molar-refractivity contribution >= 4 is 21.7 Å². The number of guanidine groups is 1. The lowest BCUT2D eigenvalue weighted by Crippen LogP contribution is -2.38. The van der Waals surface area contributed by atoms with Gasteiger partial charge in [-0.1, -0.05) is 26.0 Å². The van der Waals surface area contributed by atoms with E-state index in [1.54, 1.807) is 0 Å². The van der Waals surface area contributed by atoms with Crippen LogP contribution in [0.4, 0.5) is 5.69 Å². The molecule has 1 saturated heterocycles. The molecule has 1 unspecified atom stereocenters. The van der Waals surface area contributed by atoms with Gasteiger partial charge < -0.3 is 11.1 Å². The van der Waals surface area contributed by atoms with Gasteiger partial charge >= 0.3 is 0 Å². The van der Waals surface area contributed by atoms with Crippen LogP contribution in [0.15, 0.2) is 29.3 Å². The molecule has 1 fully saturated rings. The Morgan fingerprint density at radius 3 is 2.44 bits per heavy atom. The smallest absolute Gasteiger partial charge is 0.211 e. The molecule has 140 valence electrons. The molecule has 0 saturated carbocycles. The number of benzene rings is 1. The average Bonchev–Trinajstić information content (AvgIpc) is 2.59. The number of rotatable bonds is 6. The zero-order valence-electron chi connectivity index (χ0n) is 15.4. The predicted octanol–water partition coefficient (Wildman–Crippen LogP) is 2.60. The second-order valence-electron chi connectivity index (χ2n) is 6.89. The summed E-state index contributed by atoms with van der Waals surface area (Å²) in [5, 5.41) is 3.12. The molecular weight excluding hydrogens is 336 g/mol. The van der Waals surface area contributed by atoms with Gasteiger partial charge in [0.2, 0.25) is 10.0 Å². The van der Waals surface area contributed by atoms with Gasteiger partial charge in [0.25, 0.3) is 0 Å². The minimum atomic E-state index is -3.07. The van der Waals surface area contributed by atoms with E-state index in [1.807, 2.05) is 12.1 Å². The summed E-state index contributed by atoms with van der Waals surface area (Å²) in [6, 6.07) is 8.28. The van der Waals surface area contributed by atoms with E-state index in [0.29, 0.717) is 37.4 Å². The molecular formula is C18H30N4O2S. The second-order valence-corrected chi connectivity index (χ2v) is 8.87. The fourth-order valence-electron chi connectivity index (χ4n) is 2.97. The molecule has 3 N–H and O–H groups in total. The van der Waals surface area contributed by atoms with Crippen LogP contribution in [0.2, 0.25) is 0 Å². The summed E-state index contributed by atoms with van der Waals surface area (Å²) in [5.41, 5.74) is 8.23. The lowest BCUT2D eigenvalue weighted by molar-refractivity contribution is 0.280. The van der Waals surface area contributed by atoms with Crippen LogP contribution in [-0.2, 0) is 10.0 Å². The van der Waals surface area contributed by atoms with E-state index < -0.39 is 10.0 Å². The molecule has 0 radical (unpaired) electrons. The Morgan fingerprint density at radius 2 is 1.92 bits per heavy atom. The number of nitrogens with one attached hydrogen (secondary N) is 1. The Balaban J connectivity index is 1.82. The van der Waals surface area contributed by atoms with Crippen molar-refractivity contribution in [3.8, 4) is 0 Å². The third-order valence-corrected chi connectivity index (χ3v) is 6.23. The maximum Gasteiger partial charge on any atom is 0.211 e.